The van der Waals surface area contributed by atoms with Gasteiger partial charge in [0.05, 0.1) is 6.61 Å². The second-order valence-corrected chi connectivity index (χ2v) is 6.99. The highest BCUT2D eigenvalue weighted by atomic mass is 16.6. The van der Waals surface area contributed by atoms with Crippen LogP contribution in [0, 0.1) is 10.8 Å². The number of rotatable bonds is 7. The molecule has 0 unspecified atom stereocenters. The van der Waals surface area contributed by atoms with E-state index < -0.39 is 11.9 Å². The summed E-state index contributed by atoms with van der Waals surface area (Å²) in [7, 11) is 0. The molecule has 0 saturated heterocycles. The van der Waals surface area contributed by atoms with Gasteiger partial charge in [-0.1, -0.05) is 41.5 Å². The lowest BCUT2D eigenvalue weighted by atomic mass is 9.77. The van der Waals surface area contributed by atoms with Crippen LogP contribution in [0.1, 0.15) is 60.8 Å². The van der Waals surface area contributed by atoms with Gasteiger partial charge in [-0.05, 0) is 23.7 Å². The smallest absolute Gasteiger partial charge is 0.339 e. The van der Waals surface area contributed by atoms with Gasteiger partial charge in [0.15, 0.2) is 0 Å². The Kier molecular flexibility index (Phi) is 7.27. The maximum absolute atomic E-state index is 11.3. The van der Waals surface area contributed by atoms with Gasteiger partial charge in [-0.3, -0.25) is 4.79 Å². The molecule has 112 valence electrons. The van der Waals surface area contributed by atoms with Crippen LogP contribution in [-0.2, 0) is 19.1 Å². The Balaban J connectivity index is 3.95. The molecule has 0 aliphatic carbocycles. The number of carbonyl (C=O) groups is 2. The van der Waals surface area contributed by atoms with Crippen molar-refractivity contribution in [2.24, 2.45) is 10.8 Å². The number of esters is 2. The van der Waals surface area contributed by atoms with Crippen molar-refractivity contribution >= 4 is 11.9 Å². The minimum atomic E-state index is -0.606. The van der Waals surface area contributed by atoms with E-state index in [2.05, 4.69) is 39.4 Å². The Bertz CT molecular complexity index is 300. The van der Waals surface area contributed by atoms with Crippen molar-refractivity contribution in [1.82, 2.24) is 0 Å². The van der Waals surface area contributed by atoms with E-state index in [1.54, 1.807) is 0 Å². The number of ether oxygens (including phenoxy) is 2. The fraction of sp³-hybridized carbons (Fsp3) is 0.867. The zero-order chi connectivity index (χ0) is 15.1. The summed E-state index contributed by atoms with van der Waals surface area (Å²) in [4.78, 5) is 22.4. The van der Waals surface area contributed by atoms with Crippen LogP contribution in [-0.4, -0.2) is 25.2 Å². The first kappa shape index (κ1) is 18.1. The monoisotopic (exact) mass is 272 g/mol. The summed E-state index contributed by atoms with van der Waals surface area (Å²) in [5.74, 6) is -1.09. The fourth-order valence-corrected chi connectivity index (χ4v) is 2.31. The van der Waals surface area contributed by atoms with Crippen molar-refractivity contribution in [1.29, 1.82) is 0 Å². The van der Waals surface area contributed by atoms with Gasteiger partial charge in [0, 0.05) is 6.42 Å². The van der Waals surface area contributed by atoms with Crippen LogP contribution in [0.2, 0.25) is 0 Å². The molecule has 4 nitrogen and oxygen atoms in total. The van der Waals surface area contributed by atoms with Crippen molar-refractivity contribution in [3.8, 4) is 0 Å². The fourth-order valence-electron chi connectivity index (χ4n) is 2.31. The van der Waals surface area contributed by atoms with E-state index in [0.717, 1.165) is 6.42 Å². The highest BCUT2D eigenvalue weighted by Crippen LogP contribution is 2.33. The van der Waals surface area contributed by atoms with E-state index >= 15 is 0 Å². The Morgan fingerprint density at radius 2 is 1.58 bits per heavy atom. The van der Waals surface area contributed by atoms with Crippen molar-refractivity contribution in [2.75, 3.05) is 13.2 Å². The van der Waals surface area contributed by atoms with Crippen LogP contribution in [0.5, 0.6) is 0 Å². The number of carbonyl (C=O) groups excluding carboxylic acids is 2. The van der Waals surface area contributed by atoms with E-state index in [1.807, 2.05) is 6.92 Å². The molecule has 0 spiro atoms. The van der Waals surface area contributed by atoms with Crippen LogP contribution >= 0.6 is 0 Å². The molecule has 0 N–H and O–H groups in total. The summed E-state index contributed by atoms with van der Waals surface area (Å²) in [5.41, 5.74) is 0.205. The van der Waals surface area contributed by atoms with Crippen molar-refractivity contribution in [2.45, 2.75) is 60.8 Å². The molecule has 0 saturated carbocycles. The molecule has 19 heavy (non-hydrogen) atoms. The third kappa shape index (κ3) is 10.7. The maximum Gasteiger partial charge on any atom is 0.339 e. The van der Waals surface area contributed by atoms with E-state index in [0.29, 0.717) is 13.0 Å². The molecule has 0 aromatic carbocycles. The molecule has 4 heteroatoms. The Labute approximate surface area is 116 Å². The van der Waals surface area contributed by atoms with Gasteiger partial charge in [0.25, 0.3) is 0 Å². The first-order valence-electron chi connectivity index (χ1n) is 6.87. The first-order chi connectivity index (χ1) is 8.56. The van der Waals surface area contributed by atoms with Gasteiger partial charge >= 0.3 is 11.9 Å². The van der Waals surface area contributed by atoms with Crippen LogP contribution in [0.25, 0.3) is 0 Å². The molecule has 0 amide bonds. The van der Waals surface area contributed by atoms with Crippen LogP contribution in [0.3, 0.4) is 0 Å². The summed E-state index contributed by atoms with van der Waals surface area (Å²) in [6.07, 6.45) is 1.93. The first-order valence-corrected chi connectivity index (χ1v) is 6.87. The second kappa shape index (κ2) is 7.63. The summed E-state index contributed by atoms with van der Waals surface area (Å²) in [6.45, 7) is 12.9. The van der Waals surface area contributed by atoms with Crippen molar-refractivity contribution < 1.29 is 19.1 Å². The summed E-state index contributed by atoms with van der Waals surface area (Å²) < 4.78 is 9.96. The zero-order valence-corrected chi connectivity index (χ0v) is 13.2. The molecule has 0 atom stereocenters. The SMILES string of the molecule is CCCC(=O)OC(=O)COCC(C)(C)CC(C)(C)C. The number of hydrogen-bond donors (Lipinski definition) is 0. The molecule has 0 bridgehead atoms. The Hall–Kier alpha value is -0.900. The molecule has 0 heterocycles. The quantitative estimate of drug-likeness (QED) is 0.527. The van der Waals surface area contributed by atoms with Gasteiger partial charge in [-0.25, -0.2) is 4.79 Å². The van der Waals surface area contributed by atoms with Gasteiger partial charge in [0.2, 0.25) is 0 Å². The van der Waals surface area contributed by atoms with E-state index in [1.165, 1.54) is 0 Å². The van der Waals surface area contributed by atoms with E-state index in [9.17, 15) is 9.59 Å². The lowest BCUT2D eigenvalue weighted by Gasteiger charge is -2.31. The van der Waals surface area contributed by atoms with Crippen LogP contribution < -0.4 is 0 Å². The third-order valence-corrected chi connectivity index (χ3v) is 2.40. The topological polar surface area (TPSA) is 52.6 Å². The highest BCUT2D eigenvalue weighted by Gasteiger charge is 2.26. The molecule has 0 aliphatic rings. The molecule has 0 fully saturated rings. The molecule has 0 rings (SSSR count). The zero-order valence-electron chi connectivity index (χ0n) is 13.2. The summed E-state index contributed by atoms with van der Waals surface area (Å²) in [6, 6.07) is 0. The average molecular weight is 272 g/mol. The molecule has 0 aromatic rings. The van der Waals surface area contributed by atoms with Gasteiger partial charge in [-0.2, -0.15) is 0 Å². The predicted molar refractivity (Wildman–Crippen MR) is 74.7 cm³/mol. The van der Waals surface area contributed by atoms with Gasteiger partial charge in [0.1, 0.15) is 6.61 Å². The molecular formula is C15H28O4. The van der Waals surface area contributed by atoms with Crippen LogP contribution in [0.4, 0.5) is 0 Å². The molecule has 0 aromatic heterocycles. The predicted octanol–water partition coefficient (Wildman–Crippen LogP) is 3.34. The lowest BCUT2D eigenvalue weighted by Crippen LogP contribution is -2.27. The normalized spacial score (nSPS) is 12.3. The Morgan fingerprint density at radius 1 is 1.00 bits per heavy atom. The summed E-state index contributed by atoms with van der Waals surface area (Å²) >= 11 is 0. The average Bonchev–Trinajstić information content (AvgIpc) is 2.12. The molecule has 0 radical (unpaired) electrons. The lowest BCUT2D eigenvalue weighted by molar-refractivity contribution is -0.163. The van der Waals surface area contributed by atoms with E-state index in [-0.39, 0.29) is 23.9 Å². The van der Waals surface area contributed by atoms with Crippen molar-refractivity contribution in [3.63, 3.8) is 0 Å². The van der Waals surface area contributed by atoms with Crippen LogP contribution in [0.15, 0.2) is 0 Å². The second-order valence-electron chi connectivity index (χ2n) is 6.99. The molecule has 0 aliphatic heterocycles. The molecular weight excluding hydrogens is 244 g/mol. The van der Waals surface area contributed by atoms with Gasteiger partial charge in [-0.15, -0.1) is 0 Å². The minimum absolute atomic E-state index is 0.00798. The standard InChI is InChI=1S/C15H28O4/c1-7-8-12(16)19-13(17)9-18-11-15(5,6)10-14(2,3)4/h7-11H2,1-6H3. The third-order valence-electron chi connectivity index (χ3n) is 2.40. The number of hydrogen-bond acceptors (Lipinski definition) is 4. The Morgan fingerprint density at radius 3 is 2.05 bits per heavy atom. The van der Waals surface area contributed by atoms with Gasteiger partial charge < -0.3 is 9.47 Å². The maximum atomic E-state index is 11.3. The summed E-state index contributed by atoms with van der Waals surface area (Å²) in [5, 5.41) is 0. The highest BCUT2D eigenvalue weighted by molar-refractivity contribution is 5.85. The largest absolute Gasteiger partial charge is 0.391 e. The van der Waals surface area contributed by atoms with Crippen molar-refractivity contribution in [3.05, 3.63) is 0 Å². The minimum Gasteiger partial charge on any atom is -0.391 e. The van der Waals surface area contributed by atoms with E-state index in [4.69, 9.17) is 4.74 Å².